The third-order valence-corrected chi connectivity index (χ3v) is 4.88. The molecule has 0 aliphatic heterocycles. The van der Waals surface area contributed by atoms with Crippen LogP contribution in [0.15, 0.2) is 28.6 Å². The second-order valence-corrected chi connectivity index (χ2v) is 8.11. The maximum Gasteiger partial charge on any atom is 0.191 e. The average molecular weight is 381 g/mol. The smallest absolute Gasteiger partial charge is 0.191 e. The topological polar surface area (TPSA) is 49.3 Å². The SMILES string of the molecule is CN=C(NCCc1nc(C(C)(C)C)cs1)NC(C)c1ccc(F)c(F)c1. The number of guanidine groups is 1. The van der Waals surface area contributed by atoms with Crippen LogP contribution in [0, 0.1) is 11.6 Å². The molecule has 0 radical (unpaired) electrons. The van der Waals surface area contributed by atoms with E-state index in [9.17, 15) is 8.78 Å². The molecule has 2 aromatic rings. The number of halogens is 2. The van der Waals surface area contributed by atoms with Crippen molar-refractivity contribution >= 4 is 17.3 Å². The van der Waals surface area contributed by atoms with Gasteiger partial charge in [0.2, 0.25) is 0 Å². The zero-order chi connectivity index (χ0) is 19.3. The monoisotopic (exact) mass is 380 g/mol. The predicted octanol–water partition coefficient (Wildman–Crippen LogP) is 4.19. The summed E-state index contributed by atoms with van der Waals surface area (Å²) in [5, 5.41) is 9.59. The predicted molar refractivity (Wildman–Crippen MR) is 104 cm³/mol. The van der Waals surface area contributed by atoms with Crippen LogP contribution in [-0.4, -0.2) is 24.5 Å². The van der Waals surface area contributed by atoms with E-state index in [2.05, 4.69) is 46.8 Å². The molecule has 1 aromatic heterocycles. The van der Waals surface area contributed by atoms with Crippen LogP contribution in [0.1, 0.15) is 50.0 Å². The molecule has 1 aromatic carbocycles. The van der Waals surface area contributed by atoms with Crippen LogP contribution in [0.25, 0.3) is 0 Å². The molecule has 1 unspecified atom stereocenters. The Balaban J connectivity index is 1.87. The Morgan fingerprint density at radius 1 is 1.27 bits per heavy atom. The van der Waals surface area contributed by atoms with Crippen molar-refractivity contribution in [2.24, 2.45) is 4.99 Å². The summed E-state index contributed by atoms with van der Waals surface area (Å²) in [5.41, 5.74) is 1.81. The number of hydrogen-bond acceptors (Lipinski definition) is 3. The van der Waals surface area contributed by atoms with Gasteiger partial charge in [0.1, 0.15) is 0 Å². The molecule has 4 nitrogen and oxygen atoms in total. The summed E-state index contributed by atoms with van der Waals surface area (Å²) in [6.45, 7) is 9.00. The first-order chi connectivity index (χ1) is 12.2. The van der Waals surface area contributed by atoms with Gasteiger partial charge < -0.3 is 10.6 Å². The van der Waals surface area contributed by atoms with Gasteiger partial charge in [-0.05, 0) is 24.6 Å². The lowest BCUT2D eigenvalue weighted by molar-refractivity contribution is 0.504. The van der Waals surface area contributed by atoms with Gasteiger partial charge in [0.05, 0.1) is 16.7 Å². The second kappa shape index (κ2) is 8.58. The van der Waals surface area contributed by atoms with Crippen molar-refractivity contribution in [2.45, 2.75) is 45.6 Å². The molecule has 7 heteroatoms. The van der Waals surface area contributed by atoms with Gasteiger partial charge in [-0.3, -0.25) is 4.99 Å². The molecule has 2 N–H and O–H groups in total. The molecule has 0 saturated heterocycles. The number of nitrogens with zero attached hydrogens (tertiary/aromatic N) is 2. The zero-order valence-corrected chi connectivity index (χ0v) is 16.7. The van der Waals surface area contributed by atoms with Crippen molar-refractivity contribution in [3.63, 3.8) is 0 Å². The summed E-state index contributed by atoms with van der Waals surface area (Å²) >= 11 is 1.66. The molecule has 0 aliphatic carbocycles. The molecule has 0 bridgehead atoms. The number of nitrogens with one attached hydrogen (secondary N) is 2. The lowest BCUT2D eigenvalue weighted by Gasteiger charge is -2.18. The zero-order valence-electron chi connectivity index (χ0n) is 15.9. The summed E-state index contributed by atoms with van der Waals surface area (Å²) in [7, 11) is 1.67. The van der Waals surface area contributed by atoms with E-state index in [1.165, 1.54) is 6.07 Å². The van der Waals surface area contributed by atoms with E-state index < -0.39 is 11.6 Å². The van der Waals surface area contributed by atoms with Gasteiger partial charge in [-0.1, -0.05) is 26.8 Å². The van der Waals surface area contributed by atoms with Crippen LogP contribution in [-0.2, 0) is 11.8 Å². The number of hydrogen-bond donors (Lipinski definition) is 2. The summed E-state index contributed by atoms with van der Waals surface area (Å²) in [4.78, 5) is 8.85. The molecule has 0 spiro atoms. The molecular formula is C19H26F2N4S. The molecule has 2 rings (SSSR count). The summed E-state index contributed by atoms with van der Waals surface area (Å²) in [5.74, 6) is -1.09. The average Bonchev–Trinajstić information content (AvgIpc) is 3.05. The number of rotatable bonds is 5. The molecule has 26 heavy (non-hydrogen) atoms. The molecule has 0 aliphatic rings. The quantitative estimate of drug-likeness (QED) is 0.604. The van der Waals surface area contributed by atoms with Gasteiger partial charge >= 0.3 is 0 Å². The third-order valence-electron chi connectivity index (χ3n) is 3.97. The van der Waals surface area contributed by atoms with Gasteiger partial charge in [0, 0.05) is 30.8 Å². The van der Waals surface area contributed by atoms with Crippen molar-refractivity contribution < 1.29 is 8.78 Å². The molecule has 1 atom stereocenters. The van der Waals surface area contributed by atoms with Crippen LogP contribution in [0.3, 0.4) is 0 Å². The summed E-state index contributed by atoms with van der Waals surface area (Å²) in [6.07, 6.45) is 0.793. The highest BCUT2D eigenvalue weighted by Gasteiger charge is 2.17. The highest BCUT2D eigenvalue weighted by atomic mass is 32.1. The Hall–Kier alpha value is -2.02. The standard InChI is InChI=1S/C19H26F2N4S/c1-12(13-6-7-14(20)15(21)10-13)24-18(22-5)23-9-8-17-25-16(11-26-17)19(2,3)4/h6-7,10-12H,8-9H2,1-5H3,(H2,22,23,24). The van der Waals surface area contributed by atoms with Gasteiger partial charge in [0.25, 0.3) is 0 Å². The van der Waals surface area contributed by atoms with Gasteiger partial charge in [0.15, 0.2) is 17.6 Å². The fourth-order valence-electron chi connectivity index (χ4n) is 2.32. The van der Waals surface area contributed by atoms with Crippen LogP contribution in [0.5, 0.6) is 0 Å². The van der Waals surface area contributed by atoms with Gasteiger partial charge in [-0.15, -0.1) is 11.3 Å². The van der Waals surface area contributed by atoms with Crippen LogP contribution < -0.4 is 10.6 Å². The van der Waals surface area contributed by atoms with Gasteiger partial charge in [-0.2, -0.15) is 0 Å². The third kappa shape index (κ3) is 5.49. The Labute approximate surface area is 157 Å². The largest absolute Gasteiger partial charge is 0.356 e. The van der Waals surface area contributed by atoms with Crippen LogP contribution >= 0.6 is 11.3 Å². The number of aromatic nitrogens is 1. The molecule has 142 valence electrons. The van der Waals surface area contributed by atoms with Crippen LogP contribution in [0.4, 0.5) is 8.78 Å². The summed E-state index contributed by atoms with van der Waals surface area (Å²) < 4.78 is 26.4. The minimum absolute atomic E-state index is 0.0552. The van der Waals surface area contributed by atoms with E-state index in [1.807, 2.05) is 6.92 Å². The number of benzene rings is 1. The van der Waals surface area contributed by atoms with E-state index in [4.69, 9.17) is 0 Å². The molecule has 1 heterocycles. The maximum absolute atomic E-state index is 13.4. The molecule has 0 saturated carbocycles. The minimum Gasteiger partial charge on any atom is -0.356 e. The molecule has 0 fully saturated rings. The van der Waals surface area contributed by atoms with Crippen molar-refractivity contribution in [3.8, 4) is 0 Å². The lowest BCUT2D eigenvalue weighted by Crippen LogP contribution is -2.39. The van der Waals surface area contributed by atoms with Crippen molar-refractivity contribution in [3.05, 3.63) is 51.5 Å². The van der Waals surface area contributed by atoms with E-state index in [0.29, 0.717) is 18.1 Å². The molecular weight excluding hydrogens is 354 g/mol. The normalized spacial score (nSPS) is 13.6. The van der Waals surface area contributed by atoms with Gasteiger partial charge in [-0.25, -0.2) is 13.8 Å². The first-order valence-electron chi connectivity index (χ1n) is 8.57. The highest BCUT2D eigenvalue weighted by molar-refractivity contribution is 7.09. The van der Waals surface area contributed by atoms with Crippen LogP contribution in [0.2, 0.25) is 0 Å². The highest BCUT2D eigenvalue weighted by Crippen LogP contribution is 2.23. The minimum atomic E-state index is -0.850. The van der Waals surface area contributed by atoms with E-state index >= 15 is 0 Å². The maximum atomic E-state index is 13.4. The van der Waals surface area contributed by atoms with Crippen molar-refractivity contribution in [1.82, 2.24) is 15.6 Å². The number of aliphatic imine (C=N–C) groups is 1. The van der Waals surface area contributed by atoms with E-state index in [1.54, 1.807) is 24.5 Å². The van der Waals surface area contributed by atoms with E-state index in [-0.39, 0.29) is 11.5 Å². The Morgan fingerprint density at radius 2 is 2.00 bits per heavy atom. The Morgan fingerprint density at radius 3 is 2.58 bits per heavy atom. The lowest BCUT2D eigenvalue weighted by atomic mass is 9.93. The fraction of sp³-hybridized carbons (Fsp3) is 0.474. The first kappa shape index (κ1) is 20.3. The second-order valence-electron chi connectivity index (χ2n) is 7.17. The Kier molecular flexibility index (Phi) is 6.69. The van der Waals surface area contributed by atoms with Crippen molar-refractivity contribution in [1.29, 1.82) is 0 Å². The number of thiazole rings is 1. The Bertz CT molecular complexity index is 765. The van der Waals surface area contributed by atoms with E-state index in [0.717, 1.165) is 23.2 Å². The van der Waals surface area contributed by atoms with Crippen molar-refractivity contribution in [2.75, 3.05) is 13.6 Å². The summed E-state index contributed by atoms with van der Waals surface area (Å²) in [6, 6.07) is 3.69. The molecule has 0 amide bonds. The first-order valence-corrected chi connectivity index (χ1v) is 9.45. The fourth-order valence-corrected chi connectivity index (χ4v) is 3.35.